The van der Waals surface area contributed by atoms with Gasteiger partial charge < -0.3 is 20.3 Å². The van der Waals surface area contributed by atoms with Crippen molar-refractivity contribution >= 4 is 17.9 Å². The Hall–Kier alpha value is -2.57. The van der Waals surface area contributed by atoms with E-state index in [1.54, 1.807) is 25.7 Å². The number of aryl methyl sites for hydroxylation is 2. The quantitative estimate of drug-likeness (QED) is 0.304. The van der Waals surface area contributed by atoms with Crippen molar-refractivity contribution in [1.82, 2.24) is 15.5 Å². The highest BCUT2D eigenvalue weighted by atomic mass is 16.6. The van der Waals surface area contributed by atoms with Gasteiger partial charge in [-0.1, -0.05) is 64.3 Å². The molecule has 0 saturated heterocycles. The third-order valence-electron chi connectivity index (χ3n) is 6.34. The molecule has 0 aliphatic rings. The molecule has 0 bridgehead atoms. The van der Waals surface area contributed by atoms with Crippen molar-refractivity contribution in [3.8, 4) is 0 Å². The van der Waals surface area contributed by atoms with Gasteiger partial charge in [-0.3, -0.25) is 9.59 Å². The molecule has 1 rings (SSSR count). The lowest BCUT2D eigenvalue weighted by atomic mass is 9.94. The Balaban J connectivity index is 3.52. The molecule has 210 valence electrons. The highest BCUT2D eigenvalue weighted by molar-refractivity contribution is 5.92. The minimum Gasteiger partial charge on any atom is -0.444 e. The summed E-state index contributed by atoms with van der Waals surface area (Å²) < 4.78 is 5.47. The predicted molar refractivity (Wildman–Crippen MR) is 150 cm³/mol. The Bertz CT molecular complexity index is 891. The number of hydrogen-bond donors (Lipinski definition) is 2. The molecule has 0 aromatic heterocycles. The van der Waals surface area contributed by atoms with Crippen LogP contribution in [0.1, 0.15) is 110 Å². The van der Waals surface area contributed by atoms with E-state index < -0.39 is 23.8 Å². The number of hydrogen-bond acceptors (Lipinski definition) is 4. The van der Waals surface area contributed by atoms with Crippen LogP contribution in [0.5, 0.6) is 0 Å². The van der Waals surface area contributed by atoms with Crippen LogP contribution in [-0.2, 0) is 14.3 Å². The molecule has 1 aromatic carbocycles. The first-order valence-corrected chi connectivity index (χ1v) is 13.9. The summed E-state index contributed by atoms with van der Waals surface area (Å²) in [6, 6.07) is 4.11. The fourth-order valence-corrected chi connectivity index (χ4v) is 4.35. The number of amides is 3. The number of alkyl carbamates (subject to hydrolysis) is 1. The summed E-state index contributed by atoms with van der Waals surface area (Å²) in [5.74, 6) is -0.329. The minimum atomic E-state index is -0.815. The van der Waals surface area contributed by atoms with Gasteiger partial charge in [0.05, 0.1) is 0 Å². The topological polar surface area (TPSA) is 87.7 Å². The second kappa shape index (κ2) is 15.0. The normalized spacial score (nSPS) is 14.0. The molecular formula is C30H51N3O4. The molecule has 0 radical (unpaired) electrons. The Morgan fingerprint density at radius 2 is 1.68 bits per heavy atom. The van der Waals surface area contributed by atoms with Gasteiger partial charge in [-0.05, 0) is 77.8 Å². The van der Waals surface area contributed by atoms with E-state index in [9.17, 15) is 14.4 Å². The smallest absolute Gasteiger partial charge is 0.408 e. The fraction of sp³-hybridized carbons (Fsp3) is 0.700. The van der Waals surface area contributed by atoms with E-state index in [4.69, 9.17) is 4.74 Å². The zero-order chi connectivity index (χ0) is 28.3. The molecule has 3 unspecified atom stereocenters. The van der Waals surface area contributed by atoms with Crippen LogP contribution in [0.3, 0.4) is 0 Å². The summed E-state index contributed by atoms with van der Waals surface area (Å²) in [6.45, 7) is 20.0. The van der Waals surface area contributed by atoms with Crippen LogP contribution in [0.25, 0.3) is 0 Å². The largest absolute Gasteiger partial charge is 0.444 e. The van der Waals surface area contributed by atoms with E-state index in [2.05, 4.69) is 17.6 Å². The van der Waals surface area contributed by atoms with Crippen LogP contribution >= 0.6 is 0 Å². The average molecular weight is 518 g/mol. The molecule has 0 heterocycles. The number of nitrogens with one attached hydrogen (secondary N) is 2. The molecule has 0 saturated carbocycles. The molecule has 2 N–H and O–H groups in total. The molecule has 37 heavy (non-hydrogen) atoms. The maximum atomic E-state index is 14.2. The lowest BCUT2D eigenvalue weighted by Gasteiger charge is -2.39. The van der Waals surface area contributed by atoms with Gasteiger partial charge in [0.2, 0.25) is 11.8 Å². The molecule has 0 aliphatic heterocycles. The van der Waals surface area contributed by atoms with E-state index in [-0.39, 0.29) is 23.8 Å². The zero-order valence-electron chi connectivity index (χ0n) is 24.9. The molecule has 0 fully saturated rings. The first-order valence-electron chi connectivity index (χ1n) is 13.9. The molecule has 0 aliphatic carbocycles. The number of carbonyl (C=O) groups excluding carboxylic acids is 3. The van der Waals surface area contributed by atoms with Gasteiger partial charge in [-0.2, -0.15) is 0 Å². The van der Waals surface area contributed by atoms with Crippen molar-refractivity contribution in [2.45, 2.75) is 125 Å². The number of unbranched alkanes of at least 4 members (excludes halogenated alkanes) is 2. The van der Waals surface area contributed by atoms with E-state index in [0.29, 0.717) is 19.4 Å². The van der Waals surface area contributed by atoms with Gasteiger partial charge in [0.15, 0.2) is 0 Å². The summed E-state index contributed by atoms with van der Waals surface area (Å²) in [7, 11) is 0. The number of nitrogens with zero attached hydrogens (tertiary/aromatic N) is 1. The summed E-state index contributed by atoms with van der Waals surface area (Å²) in [4.78, 5) is 42.4. The van der Waals surface area contributed by atoms with Crippen molar-refractivity contribution in [3.05, 3.63) is 34.9 Å². The number of ether oxygens (including phenoxy) is 1. The standard InChI is InChI=1S/C30H51N3O4/c1-11-13-14-17-31-27(34)26(24-16-15-21(5)19-22(24)6)33(23(7)12-2)28(35)25(18-20(3)4)32-29(36)37-30(8,9)10/h15-16,19-20,23,25-26H,11-14,17-18H2,1-10H3,(H,31,34)(H,32,36). The van der Waals surface area contributed by atoms with Crippen LogP contribution in [0.15, 0.2) is 18.2 Å². The Morgan fingerprint density at radius 3 is 2.19 bits per heavy atom. The van der Waals surface area contributed by atoms with Gasteiger partial charge in [-0.25, -0.2) is 4.79 Å². The van der Waals surface area contributed by atoms with Crippen molar-refractivity contribution in [3.63, 3.8) is 0 Å². The predicted octanol–water partition coefficient (Wildman–Crippen LogP) is 6.22. The third kappa shape index (κ3) is 10.7. The maximum absolute atomic E-state index is 14.2. The first-order chi connectivity index (χ1) is 17.2. The molecule has 7 nitrogen and oxygen atoms in total. The highest BCUT2D eigenvalue weighted by Gasteiger charge is 2.39. The number of carbonyl (C=O) groups is 3. The first kappa shape index (κ1) is 32.5. The van der Waals surface area contributed by atoms with Crippen molar-refractivity contribution in [1.29, 1.82) is 0 Å². The van der Waals surface area contributed by atoms with Crippen LogP contribution in [0.2, 0.25) is 0 Å². The van der Waals surface area contributed by atoms with Gasteiger partial charge in [0.1, 0.15) is 17.7 Å². The monoisotopic (exact) mass is 517 g/mol. The second-order valence-corrected chi connectivity index (χ2v) is 11.6. The Kier molecular flexibility index (Phi) is 13.2. The number of rotatable bonds is 13. The average Bonchev–Trinajstić information content (AvgIpc) is 2.78. The molecular weight excluding hydrogens is 466 g/mol. The maximum Gasteiger partial charge on any atom is 0.408 e. The van der Waals surface area contributed by atoms with E-state index in [0.717, 1.165) is 36.0 Å². The highest BCUT2D eigenvalue weighted by Crippen LogP contribution is 2.30. The van der Waals surface area contributed by atoms with E-state index in [1.165, 1.54) is 0 Å². The van der Waals surface area contributed by atoms with Crippen molar-refractivity contribution < 1.29 is 19.1 Å². The third-order valence-corrected chi connectivity index (χ3v) is 6.34. The Morgan fingerprint density at radius 1 is 1.03 bits per heavy atom. The fourth-order valence-electron chi connectivity index (χ4n) is 4.35. The lowest BCUT2D eigenvalue weighted by Crippen LogP contribution is -2.56. The van der Waals surface area contributed by atoms with Crippen molar-refractivity contribution in [2.75, 3.05) is 6.54 Å². The summed E-state index contributed by atoms with van der Waals surface area (Å²) in [5, 5.41) is 5.89. The van der Waals surface area contributed by atoms with Crippen LogP contribution in [0, 0.1) is 19.8 Å². The minimum absolute atomic E-state index is 0.144. The van der Waals surface area contributed by atoms with Crippen molar-refractivity contribution in [2.24, 2.45) is 5.92 Å². The molecule has 7 heteroatoms. The summed E-state index contributed by atoms with van der Waals surface area (Å²) in [6.07, 6.45) is 3.43. The van der Waals surface area contributed by atoms with Crippen LogP contribution < -0.4 is 10.6 Å². The zero-order valence-corrected chi connectivity index (χ0v) is 24.9. The summed E-state index contributed by atoms with van der Waals surface area (Å²) in [5.41, 5.74) is 2.16. The van der Waals surface area contributed by atoms with Gasteiger partial charge in [0.25, 0.3) is 0 Å². The van der Waals surface area contributed by atoms with Gasteiger partial charge in [-0.15, -0.1) is 0 Å². The van der Waals surface area contributed by atoms with E-state index >= 15 is 0 Å². The Labute approximate surface area is 225 Å². The van der Waals surface area contributed by atoms with E-state index in [1.807, 2.05) is 59.7 Å². The summed E-state index contributed by atoms with van der Waals surface area (Å²) >= 11 is 0. The lowest BCUT2D eigenvalue weighted by molar-refractivity contribution is -0.145. The molecule has 1 aromatic rings. The second-order valence-electron chi connectivity index (χ2n) is 11.6. The molecule has 0 spiro atoms. The number of benzene rings is 1. The molecule has 3 amide bonds. The van der Waals surface area contributed by atoms with Crippen LogP contribution in [-0.4, -0.2) is 47.0 Å². The van der Waals surface area contributed by atoms with Gasteiger partial charge >= 0.3 is 6.09 Å². The molecule has 3 atom stereocenters. The van der Waals surface area contributed by atoms with Gasteiger partial charge in [0, 0.05) is 12.6 Å². The van der Waals surface area contributed by atoms with Crippen LogP contribution in [0.4, 0.5) is 4.79 Å². The SMILES string of the molecule is CCCCCNC(=O)C(c1ccc(C)cc1C)N(C(=O)C(CC(C)C)NC(=O)OC(C)(C)C)C(C)CC.